The van der Waals surface area contributed by atoms with Crippen molar-refractivity contribution in [3.8, 4) is 0 Å². The van der Waals surface area contributed by atoms with Crippen LogP contribution in [0.2, 0.25) is 0 Å². The molecule has 0 heterocycles. The van der Waals surface area contributed by atoms with Crippen LogP contribution in [-0.4, -0.2) is 6.54 Å². The van der Waals surface area contributed by atoms with Gasteiger partial charge in [-0.2, -0.15) is 0 Å². The Balaban J connectivity index is 2.48. The molecule has 0 fully saturated rings. The monoisotopic (exact) mass is 187 g/mol. The molecule has 0 unspecified atom stereocenters. The van der Waals surface area contributed by atoms with Gasteiger partial charge in [-0.05, 0) is 24.0 Å². The standard InChI is InChI=1S/C13H17N/c1-11(10-14)8-9-12(2)13-6-4-3-5-7-13/h3-7H,1-2,8-10,14H2. The quantitative estimate of drug-likeness (QED) is 0.704. The first-order valence-electron chi connectivity index (χ1n) is 4.84. The van der Waals surface area contributed by atoms with Gasteiger partial charge in [-0.3, -0.25) is 0 Å². The fourth-order valence-corrected chi connectivity index (χ4v) is 1.25. The second-order valence-electron chi connectivity index (χ2n) is 3.42. The molecule has 0 spiro atoms. The molecule has 0 bridgehead atoms. The minimum absolute atomic E-state index is 0.571. The van der Waals surface area contributed by atoms with Crippen LogP contribution < -0.4 is 5.73 Å². The molecule has 14 heavy (non-hydrogen) atoms. The van der Waals surface area contributed by atoms with E-state index in [-0.39, 0.29) is 0 Å². The summed E-state index contributed by atoms with van der Waals surface area (Å²) in [5, 5.41) is 0. The highest BCUT2D eigenvalue weighted by molar-refractivity contribution is 5.63. The first kappa shape index (κ1) is 10.7. The van der Waals surface area contributed by atoms with Crippen LogP contribution in [-0.2, 0) is 0 Å². The topological polar surface area (TPSA) is 26.0 Å². The van der Waals surface area contributed by atoms with Crippen LogP contribution in [0.4, 0.5) is 0 Å². The number of allylic oxidation sites excluding steroid dienone is 1. The second-order valence-corrected chi connectivity index (χ2v) is 3.42. The highest BCUT2D eigenvalue weighted by atomic mass is 14.5. The van der Waals surface area contributed by atoms with E-state index in [9.17, 15) is 0 Å². The molecule has 1 heteroatoms. The summed E-state index contributed by atoms with van der Waals surface area (Å²) in [6.45, 7) is 8.49. The van der Waals surface area contributed by atoms with Crippen molar-refractivity contribution in [1.29, 1.82) is 0 Å². The molecule has 0 aromatic heterocycles. The number of hydrogen-bond acceptors (Lipinski definition) is 1. The third-order valence-electron chi connectivity index (χ3n) is 2.25. The van der Waals surface area contributed by atoms with Gasteiger partial charge in [0.25, 0.3) is 0 Å². The Bertz CT molecular complexity index is 311. The third-order valence-corrected chi connectivity index (χ3v) is 2.25. The molecule has 1 rings (SSSR count). The molecule has 74 valence electrons. The predicted molar refractivity (Wildman–Crippen MR) is 62.9 cm³/mol. The first-order valence-corrected chi connectivity index (χ1v) is 4.84. The molecule has 0 amide bonds. The van der Waals surface area contributed by atoms with E-state index in [1.165, 1.54) is 5.56 Å². The van der Waals surface area contributed by atoms with E-state index in [4.69, 9.17) is 5.73 Å². The smallest absolute Gasteiger partial charge is 0.0134 e. The third kappa shape index (κ3) is 3.19. The minimum atomic E-state index is 0.571. The number of hydrogen-bond donors (Lipinski definition) is 1. The number of rotatable bonds is 5. The molecule has 1 aromatic carbocycles. The Labute approximate surface area is 85.9 Å². The van der Waals surface area contributed by atoms with E-state index >= 15 is 0 Å². The van der Waals surface area contributed by atoms with Crippen LogP contribution in [0.5, 0.6) is 0 Å². The summed E-state index contributed by atoms with van der Waals surface area (Å²) in [5.41, 5.74) is 8.91. The van der Waals surface area contributed by atoms with Crippen molar-refractivity contribution >= 4 is 5.57 Å². The lowest BCUT2D eigenvalue weighted by molar-refractivity contribution is 0.948. The van der Waals surface area contributed by atoms with Crippen molar-refractivity contribution < 1.29 is 0 Å². The highest BCUT2D eigenvalue weighted by Gasteiger charge is 1.98. The van der Waals surface area contributed by atoms with Crippen molar-refractivity contribution in [3.05, 3.63) is 54.6 Å². The molecule has 1 aromatic rings. The van der Waals surface area contributed by atoms with Crippen LogP contribution in [0.15, 0.2) is 49.1 Å². The van der Waals surface area contributed by atoms with Crippen molar-refractivity contribution in [2.75, 3.05) is 6.54 Å². The summed E-state index contributed by atoms with van der Waals surface area (Å²) < 4.78 is 0. The molecular formula is C13H17N. The highest BCUT2D eigenvalue weighted by Crippen LogP contribution is 2.18. The van der Waals surface area contributed by atoms with E-state index in [0.717, 1.165) is 24.0 Å². The van der Waals surface area contributed by atoms with E-state index in [1.807, 2.05) is 18.2 Å². The molecule has 0 saturated heterocycles. The lowest BCUT2D eigenvalue weighted by Crippen LogP contribution is -2.01. The van der Waals surface area contributed by atoms with Crippen LogP contribution in [0, 0.1) is 0 Å². The van der Waals surface area contributed by atoms with Gasteiger partial charge in [0, 0.05) is 6.54 Å². The molecule has 0 aliphatic carbocycles. The fraction of sp³-hybridized carbons (Fsp3) is 0.231. The van der Waals surface area contributed by atoms with Gasteiger partial charge in [-0.15, -0.1) is 0 Å². The maximum atomic E-state index is 5.47. The first-order chi connectivity index (χ1) is 6.74. The van der Waals surface area contributed by atoms with Gasteiger partial charge in [-0.1, -0.05) is 49.1 Å². The normalized spacial score (nSPS) is 9.79. The SMILES string of the molecule is C=C(CN)CCC(=C)c1ccccc1. The summed E-state index contributed by atoms with van der Waals surface area (Å²) in [6.07, 6.45) is 1.88. The molecule has 0 aliphatic rings. The van der Waals surface area contributed by atoms with E-state index in [0.29, 0.717) is 6.54 Å². The van der Waals surface area contributed by atoms with Crippen LogP contribution in [0.3, 0.4) is 0 Å². The maximum absolute atomic E-state index is 5.47. The van der Waals surface area contributed by atoms with Crippen molar-refractivity contribution in [2.24, 2.45) is 5.73 Å². The summed E-state index contributed by atoms with van der Waals surface area (Å²) >= 11 is 0. The molecule has 0 atom stereocenters. The predicted octanol–water partition coefficient (Wildman–Crippen LogP) is 2.99. The minimum Gasteiger partial charge on any atom is -0.327 e. The van der Waals surface area contributed by atoms with Crippen molar-refractivity contribution in [1.82, 2.24) is 0 Å². The summed E-state index contributed by atoms with van der Waals surface area (Å²) in [5.74, 6) is 0. The Morgan fingerprint density at radius 2 is 1.71 bits per heavy atom. The zero-order valence-electron chi connectivity index (χ0n) is 8.50. The Morgan fingerprint density at radius 3 is 2.29 bits per heavy atom. The maximum Gasteiger partial charge on any atom is 0.0134 e. The molecule has 1 nitrogen and oxygen atoms in total. The Kier molecular flexibility index (Phi) is 4.14. The largest absolute Gasteiger partial charge is 0.327 e. The van der Waals surface area contributed by atoms with E-state index < -0.39 is 0 Å². The van der Waals surface area contributed by atoms with Gasteiger partial charge < -0.3 is 5.73 Å². The van der Waals surface area contributed by atoms with E-state index in [2.05, 4.69) is 25.3 Å². The van der Waals surface area contributed by atoms with Crippen LogP contribution in [0.25, 0.3) is 5.57 Å². The van der Waals surface area contributed by atoms with Crippen molar-refractivity contribution in [3.63, 3.8) is 0 Å². The average Bonchev–Trinajstić information content (AvgIpc) is 2.26. The lowest BCUT2D eigenvalue weighted by atomic mass is 10.0. The van der Waals surface area contributed by atoms with Crippen LogP contribution in [0.1, 0.15) is 18.4 Å². The Morgan fingerprint density at radius 1 is 1.07 bits per heavy atom. The van der Waals surface area contributed by atoms with E-state index in [1.54, 1.807) is 0 Å². The number of nitrogens with two attached hydrogens (primary N) is 1. The molecule has 0 radical (unpaired) electrons. The van der Waals surface area contributed by atoms with Crippen molar-refractivity contribution in [2.45, 2.75) is 12.8 Å². The van der Waals surface area contributed by atoms with Gasteiger partial charge in [0.05, 0.1) is 0 Å². The fourth-order valence-electron chi connectivity index (χ4n) is 1.25. The van der Waals surface area contributed by atoms with Gasteiger partial charge in [0.15, 0.2) is 0 Å². The lowest BCUT2D eigenvalue weighted by Gasteiger charge is -2.06. The zero-order valence-corrected chi connectivity index (χ0v) is 8.50. The average molecular weight is 187 g/mol. The second kappa shape index (κ2) is 5.40. The van der Waals surface area contributed by atoms with Gasteiger partial charge in [0.2, 0.25) is 0 Å². The van der Waals surface area contributed by atoms with Gasteiger partial charge >= 0.3 is 0 Å². The summed E-state index contributed by atoms with van der Waals surface area (Å²) in [4.78, 5) is 0. The summed E-state index contributed by atoms with van der Waals surface area (Å²) in [7, 11) is 0. The molecular weight excluding hydrogens is 170 g/mol. The molecule has 0 aliphatic heterocycles. The van der Waals surface area contributed by atoms with Crippen LogP contribution >= 0.6 is 0 Å². The Hall–Kier alpha value is -1.34. The molecule has 0 saturated carbocycles. The number of benzene rings is 1. The summed E-state index contributed by atoms with van der Waals surface area (Å²) in [6, 6.07) is 10.2. The molecule has 2 N–H and O–H groups in total. The zero-order chi connectivity index (χ0) is 10.4. The van der Waals surface area contributed by atoms with Gasteiger partial charge in [0.1, 0.15) is 0 Å². The van der Waals surface area contributed by atoms with Gasteiger partial charge in [-0.25, -0.2) is 0 Å².